The minimum Gasteiger partial charge on any atom is -0.323 e. The number of amides is 1. The minimum atomic E-state index is -3.78. The summed E-state index contributed by atoms with van der Waals surface area (Å²) >= 11 is 5.80. The number of carbonyl (C=O) groups excluding carboxylic acids is 1. The van der Waals surface area contributed by atoms with E-state index >= 15 is 0 Å². The molecule has 5 nitrogen and oxygen atoms in total. The second-order valence-electron chi connectivity index (χ2n) is 4.97. The lowest BCUT2D eigenvalue weighted by atomic mass is 10.2. The summed E-state index contributed by atoms with van der Waals surface area (Å²) in [6.07, 6.45) is 1.47. The van der Waals surface area contributed by atoms with Crippen LogP contribution in [0.1, 0.15) is 5.56 Å². The Kier molecular flexibility index (Phi) is 4.11. The van der Waals surface area contributed by atoms with Gasteiger partial charge in [0.2, 0.25) is 5.91 Å². The van der Waals surface area contributed by atoms with Gasteiger partial charge in [0.1, 0.15) is 6.54 Å². The molecule has 0 aromatic heterocycles. The Morgan fingerprint density at radius 3 is 2.52 bits per heavy atom. The van der Waals surface area contributed by atoms with Gasteiger partial charge in [-0.05, 0) is 35.9 Å². The maximum absolute atomic E-state index is 12.6. The molecule has 3 rings (SSSR count). The number of sulfonamides is 1. The molecule has 0 saturated carbocycles. The number of halogens is 1. The van der Waals surface area contributed by atoms with E-state index in [0.29, 0.717) is 22.0 Å². The van der Waals surface area contributed by atoms with Gasteiger partial charge in [-0.1, -0.05) is 35.9 Å². The van der Waals surface area contributed by atoms with E-state index in [-0.39, 0.29) is 12.5 Å². The molecule has 1 N–H and O–H groups in total. The minimum absolute atomic E-state index is 0.246. The van der Waals surface area contributed by atoms with Gasteiger partial charge in [-0.3, -0.25) is 9.10 Å². The smallest absolute Gasteiger partial charge is 0.258 e. The third kappa shape index (κ3) is 3.38. The van der Waals surface area contributed by atoms with Crippen molar-refractivity contribution in [3.63, 3.8) is 0 Å². The molecule has 2 aromatic rings. The quantitative estimate of drug-likeness (QED) is 0.926. The predicted octanol–water partition coefficient (Wildman–Crippen LogP) is 3.10. The van der Waals surface area contributed by atoms with Crippen LogP contribution in [0.15, 0.2) is 53.9 Å². The molecule has 0 radical (unpaired) electrons. The monoisotopic (exact) mass is 348 g/mol. The second kappa shape index (κ2) is 6.06. The van der Waals surface area contributed by atoms with E-state index in [1.165, 1.54) is 6.08 Å². The Hall–Kier alpha value is -2.31. The average Bonchev–Trinajstić information content (AvgIpc) is 2.53. The van der Waals surface area contributed by atoms with Crippen molar-refractivity contribution in [3.05, 3.63) is 64.5 Å². The number of nitrogens with one attached hydrogen (secondary N) is 1. The van der Waals surface area contributed by atoms with E-state index in [1.54, 1.807) is 48.5 Å². The summed E-state index contributed by atoms with van der Waals surface area (Å²) in [6, 6.07) is 13.6. The molecule has 0 atom stereocenters. The van der Waals surface area contributed by atoms with Crippen LogP contribution in [0, 0.1) is 0 Å². The van der Waals surface area contributed by atoms with Crippen LogP contribution in [-0.4, -0.2) is 20.9 Å². The molecule has 23 heavy (non-hydrogen) atoms. The van der Waals surface area contributed by atoms with E-state index in [4.69, 9.17) is 11.6 Å². The number of nitrogens with zero attached hydrogens (tertiary/aromatic N) is 1. The molecule has 0 saturated heterocycles. The molecule has 0 bridgehead atoms. The van der Waals surface area contributed by atoms with Crippen molar-refractivity contribution in [1.82, 2.24) is 0 Å². The molecule has 2 aromatic carbocycles. The highest BCUT2D eigenvalue weighted by Crippen LogP contribution is 2.31. The molecule has 0 unspecified atom stereocenters. The van der Waals surface area contributed by atoms with E-state index < -0.39 is 10.0 Å². The standard InChI is InChI=1S/C16H13ClN2O3S/c17-13-7-5-12(6-8-13)9-10-23(21,22)19-11-16(20)18-14-3-1-2-4-15(14)19/h1-10H,11H2,(H,18,20)/b10-9+. The molecule has 1 aliphatic rings. The summed E-state index contributed by atoms with van der Waals surface area (Å²) in [6.45, 7) is -0.246. The fourth-order valence-electron chi connectivity index (χ4n) is 2.24. The lowest BCUT2D eigenvalue weighted by molar-refractivity contribution is -0.115. The van der Waals surface area contributed by atoms with Crippen LogP contribution in [0.3, 0.4) is 0 Å². The number of carbonyl (C=O) groups is 1. The van der Waals surface area contributed by atoms with Crippen LogP contribution >= 0.6 is 11.6 Å². The third-order valence-electron chi connectivity index (χ3n) is 3.34. The number of hydrogen-bond acceptors (Lipinski definition) is 3. The normalized spacial score (nSPS) is 14.7. The third-order valence-corrected chi connectivity index (χ3v) is 5.02. The topological polar surface area (TPSA) is 66.5 Å². The van der Waals surface area contributed by atoms with E-state index in [9.17, 15) is 13.2 Å². The van der Waals surface area contributed by atoms with Crippen molar-refractivity contribution < 1.29 is 13.2 Å². The van der Waals surface area contributed by atoms with Gasteiger partial charge < -0.3 is 5.32 Å². The summed E-state index contributed by atoms with van der Waals surface area (Å²) in [5.74, 6) is -0.368. The molecule has 0 aliphatic carbocycles. The zero-order chi connectivity index (χ0) is 16.4. The number of fused-ring (bicyclic) bond motifs is 1. The first kappa shape index (κ1) is 15.6. The SMILES string of the molecule is O=C1CN(S(=O)(=O)/C=C/c2ccc(Cl)cc2)c2ccccc2N1. The molecular weight excluding hydrogens is 336 g/mol. The zero-order valence-electron chi connectivity index (χ0n) is 11.9. The Balaban J connectivity index is 1.93. The summed E-state index contributed by atoms with van der Waals surface area (Å²) in [7, 11) is -3.78. The van der Waals surface area contributed by atoms with Gasteiger partial charge in [0, 0.05) is 5.02 Å². The lowest BCUT2D eigenvalue weighted by Crippen LogP contribution is -2.41. The lowest BCUT2D eigenvalue weighted by Gasteiger charge is -2.28. The van der Waals surface area contributed by atoms with Gasteiger partial charge in [0.15, 0.2) is 0 Å². The van der Waals surface area contributed by atoms with Crippen LogP contribution in [0.25, 0.3) is 6.08 Å². The van der Waals surface area contributed by atoms with Gasteiger partial charge in [-0.2, -0.15) is 0 Å². The van der Waals surface area contributed by atoms with Crippen LogP contribution < -0.4 is 9.62 Å². The second-order valence-corrected chi connectivity index (χ2v) is 7.15. The van der Waals surface area contributed by atoms with Gasteiger partial charge >= 0.3 is 0 Å². The molecule has 7 heteroatoms. The zero-order valence-corrected chi connectivity index (χ0v) is 13.5. The van der Waals surface area contributed by atoms with Gasteiger partial charge in [0.25, 0.3) is 10.0 Å². The van der Waals surface area contributed by atoms with Crippen molar-refractivity contribution in [2.24, 2.45) is 0 Å². The first-order valence-electron chi connectivity index (χ1n) is 6.81. The molecule has 0 spiro atoms. The Morgan fingerprint density at radius 1 is 1.09 bits per heavy atom. The number of benzene rings is 2. The molecule has 118 valence electrons. The van der Waals surface area contributed by atoms with Crippen molar-refractivity contribution in [3.8, 4) is 0 Å². The van der Waals surface area contributed by atoms with Crippen LogP contribution in [0.5, 0.6) is 0 Å². The van der Waals surface area contributed by atoms with Crippen LogP contribution in [0.2, 0.25) is 5.02 Å². The van der Waals surface area contributed by atoms with Crippen molar-refractivity contribution in [2.75, 3.05) is 16.2 Å². The fourth-order valence-corrected chi connectivity index (χ4v) is 3.57. The maximum Gasteiger partial charge on any atom is 0.258 e. The molecular formula is C16H13ClN2O3S. The first-order valence-corrected chi connectivity index (χ1v) is 8.69. The predicted molar refractivity (Wildman–Crippen MR) is 91.8 cm³/mol. The Labute approximate surface area is 139 Å². The molecule has 1 amide bonds. The van der Waals surface area contributed by atoms with E-state index in [0.717, 1.165) is 9.71 Å². The average molecular weight is 349 g/mol. The van der Waals surface area contributed by atoms with Gasteiger partial charge in [-0.15, -0.1) is 0 Å². The van der Waals surface area contributed by atoms with Gasteiger partial charge in [-0.25, -0.2) is 8.42 Å². The first-order chi connectivity index (χ1) is 11.0. The highest BCUT2D eigenvalue weighted by atomic mass is 35.5. The number of para-hydroxylation sites is 2. The highest BCUT2D eigenvalue weighted by Gasteiger charge is 2.29. The Bertz CT molecular complexity index is 876. The van der Waals surface area contributed by atoms with E-state index in [2.05, 4.69) is 5.32 Å². The fraction of sp³-hybridized carbons (Fsp3) is 0.0625. The number of anilines is 2. The number of rotatable bonds is 3. The number of hydrogen-bond donors (Lipinski definition) is 1. The maximum atomic E-state index is 12.6. The highest BCUT2D eigenvalue weighted by molar-refractivity contribution is 7.95. The van der Waals surface area contributed by atoms with Crippen molar-refractivity contribution in [1.29, 1.82) is 0 Å². The van der Waals surface area contributed by atoms with Crippen LogP contribution in [-0.2, 0) is 14.8 Å². The van der Waals surface area contributed by atoms with Crippen LogP contribution in [0.4, 0.5) is 11.4 Å². The summed E-state index contributed by atoms with van der Waals surface area (Å²) in [5.41, 5.74) is 1.63. The van der Waals surface area contributed by atoms with E-state index in [1.807, 2.05) is 0 Å². The molecule has 0 fully saturated rings. The largest absolute Gasteiger partial charge is 0.323 e. The summed E-state index contributed by atoms with van der Waals surface area (Å²) < 4.78 is 26.2. The van der Waals surface area contributed by atoms with Gasteiger partial charge in [0.05, 0.1) is 16.8 Å². The Morgan fingerprint density at radius 2 is 1.78 bits per heavy atom. The summed E-state index contributed by atoms with van der Waals surface area (Å²) in [4.78, 5) is 11.7. The summed E-state index contributed by atoms with van der Waals surface area (Å²) in [5, 5.41) is 4.32. The molecule has 1 aliphatic heterocycles. The van der Waals surface area contributed by atoms with Crippen molar-refractivity contribution in [2.45, 2.75) is 0 Å². The molecule has 1 heterocycles. The van der Waals surface area contributed by atoms with Crippen molar-refractivity contribution >= 4 is 45.0 Å².